The van der Waals surface area contributed by atoms with Gasteiger partial charge in [-0.15, -0.1) is 0 Å². The van der Waals surface area contributed by atoms with E-state index in [9.17, 15) is 14.9 Å². The van der Waals surface area contributed by atoms with Gasteiger partial charge in [0.2, 0.25) is 0 Å². The molecule has 33 heavy (non-hydrogen) atoms. The Morgan fingerprint density at radius 1 is 0.909 bits per heavy atom. The third-order valence-electron chi connectivity index (χ3n) is 5.70. The molecule has 0 saturated carbocycles. The molecule has 9 heteroatoms. The Morgan fingerprint density at radius 2 is 1.64 bits per heavy atom. The smallest absolute Gasteiger partial charge is 0.272 e. The number of piperazine rings is 1. The highest BCUT2D eigenvalue weighted by Gasteiger charge is 2.27. The monoisotopic (exact) mass is 443 g/mol. The van der Waals surface area contributed by atoms with Crippen molar-refractivity contribution in [3.63, 3.8) is 0 Å². The van der Waals surface area contributed by atoms with Crippen molar-refractivity contribution in [3.05, 3.63) is 94.9 Å². The van der Waals surface area contributed by atoms with E-state index in [1.807, 2.05) is 41.3 Å². The van der Waals surface area contributed by atoms with Crippen LogP contribution in [0, 0.1) is 10.1 Å². The van der Waals surface area contributed by atoms with Gasteiger partial charge in [-0.1, -0.05) is 18.2 Å². The van der Waals surface area contributed by atoms with Crippen LogP contribution in [0.5, 0.6) is 0 Å². The molecule has 0 spiro atoms. The fraction of sp³-hybridized carbons (Fsp3) is 0.167. The predicted octanol–water partition coefficient (Wildman–Crippen LogP) is 4.00. The molecule has 2 aromatic heterocycles. The molecule has 1 aliphatic rings. The molecule has 1 aliphatic heterocycles. The molecular formula is C24H21N5O4. The summed E-state index contributed by atoms with van der Waals surface area (Å²) in [7, 11) is 0. The van der Waals surface area contributed by atoms with Gasteiger partial charge in [-0.3, -0.25) is 14.9 Å². The minimum Gasteiger partial charge on any atom is -0.463 e. The summed E-state index contributed by atoms with van der Waals surface area (Å²) in [5.74, 6) is 0.495. The lowest BCUT2D eigenvalue weighted by molar-refractivity contribution is -0.384. The van der Waals surface area contributed by atoms with Gasteiger partial charge >= 0.3 is 0 Å². The second kappa shape index (κ2) is 8.62. The number of anilines is 1. The van der Waals surface area contributed by atoms with Gasteiger partial charge in [0.05, 0.1) is 16.9 Å². The molecule has 1 saturated heterocycles. The predicted molar refractivity (Wildman–Crippen MR) is 122 cm³/mol. The van der Waals surface area contributed by atoms with Crippen molar-refractivity contribution >= 4 is 17.3 Å². The lowest BCUT2D eigenvalue weighted by Gasteiger charge is -2.36. The molecule has 0 N–H and O–H groups in total. The zero-order chi connectivity index (χ0) is 22.8. The highest BCUT2D eigenvalue weighted by atomic mass is 16.6. The number of hydrogen-bond donors (Lipinski definition) is 0. The van der Waals surface area contributed by atoms with Crippen molar-refractivity contribution in [1.82, 2.24) is 14.7 Å². The summed E-state index contributed by atoms with van der Waals surface area (Å²) in [6, 6.07) is 21.4. The molecule has 0 unspecified atom stereocenters. The van der Waals surface area contributed by atoms with Crippen LogP contribution in [0.15, 0.2) is 83.5 Å². The molecule has 3 heterocycles. The quantitative estimate of drug-likeness (QED) is 0.342. The number of nitro groups is 1. The maximum atomic E-state index is 13.5. The highest BCUT2D eigenvalue weighted by molar-refractivity contribution is 5.94. The Balaban J connectivity index is 1.36. The largest absolute Gasteiger partial charge is 0.463 e. The fourth-order valence-electron chi connectivity index (χ4n) is 3.96. The van der Waals surface area contributed by atoms with Crippen molar-refractivity contribution in [2.24, 2.45) is 0 Å². The zero-order valence-electron chi connectivity index (χ0n) is 17.7. The normalized spacial score (nSPS) is 13.8. The van der Waals surface area contributed by atoms with Crippen LogP contribution in [-0.4, -0.2) is 51.7 Å². The van der Waals surface area contributed by atoms with Gasteiger partial charge in [-0.25, -0.2) is 4.68 Å². The number of para-hydroxylation sites is 1. The maximum absolute atomic E-state index is 13.5. The van der Waals surface area contributed by atoms with Gasteiger partial charge in [0.25, 0.3) is 11.6 Å². The molecule has 1 fully saturated rings. The average Bonchev–Trinajstić information content (AvgIpc) is 3.55. The number of furan rings is 1. The number of carbonyl (C=O) groups is 1. The van der Waals surface area contributed by atoms with Crippen molar-refractivity contribution in [1.29, 1.82) is 0 Å². The third-order valence-corrected chi connectivity index (χ3v) is 5.70. The molecule has 0 radical (unpaired) electrons. The highest BCUT2D eigenvalue weighted by Crippen LogP contribution is 2.25. The first-order chi connectivity index (χ1) is 16.1. The number of amides is 1. The zero-order valence-corrected chi connectivity index (χ0v) is 17.7. The minimum absolute atomic E-state index is 0.0640. The summed E-state index contributed by atoms with van der Waals surface area (Å²) in [5.41, 5.74) is 2.83. The van der Waals surface area contributed by atoms with Crippen LogP contribution in [0.2, 0.25) is 0 Å². The number of rotatable bonds is 5. The van der Waals surface area contributed by atoms with Crippen LogP contribution in [0.3, 0.4) is 0 Å². The summed E-state index contributed by atoms with van der Waals surface area (Å²) in [5, 5.41) is 15.5. The maximum Gasteiger partial charge on any atom is 0.272 e. The molecular weight excluding hydrogens is 422 g/mol. The molecule has 0 atom stereocenters. The van der Waals surface area contributed by atoms with Crippen molar-refractivity contribution in [2.75, 3.05) is 31.1 Å². The van der Waals surface area contributed by atoms with E-state index >= 15 is 0 Å². The van der Waals surface area contributed by atoms with Gasteiger partial charge in [-0.2, -0.15) is 5.10 Å². The topological polar surface area (TPSA) is 97.7 Å². The molecule has 9 nitrogen and oxygen atoms in total. The van der Waals surface area contributed by atoms with Crippen molar-refractivity contribution in [2.45, 2.75) is 0 Å². The Bertz CT molecular complexity index is 1260. The molecule has 166 valence electrons. The Hall–Kier alpha value is -4.40. The van der Waals surface area contributed by atoms with Crippen LogP contribution in [0.25, 0.3) is 17.1 Å². The summed E-state index contributed by atoms with van der Waals surface area (Å²) in [4.78, 5) is 27.9. The average molecular weight is 443 g/mol. The summed E-state index contributed by atoms with van der Waals surface area (Å²) < 4.78 is 7.14. The van der Waals surface area contributed by atoms with Gasteiger partial charge in [-0.05, 0) is 36.4 Å². The van der Waals surface area contributed by atoms with Gasteiger partial charge in [0.1, 0.15) is 11.4 Å². The number of nitrogens with zero attached hydrogens (tertiary/aromatic N) is 5. The Kier molecular flexibility index (Phi) is 5.35. The van der Waals surface area contributed by atoms with Gasteiger partial charge in [0.15, 0.2) is 5.76 Å². The van der Waals surface area contributed by atoms with Crippen LogP contribution in [0.4, 0.5) is 11.4 Å². The molecule has 2 aromatic carbocycles. The number of nitro benzene ring substituents is 1. The van der Waals surface area contributed by atoms with Crippen LogP contribution in [0.1, 0.15) is 10.5 Å². The van der Waals surface area contributed by atoms with Crippen LogP contribution >= 0.6 is 0 Å². The van der Waals surface area contributed by atoms with E-state index in [0.717, 1.165) is 11.4 Å². The second-order valence-corrected chi connectivity index (χ2v) is 7.69. The second-order valence-electron chi connectivity index (χ2n) is 7.69. The summed E-state index contributed by atoms with van der Waals surface area (Å²) in [6.45, 7) is 2.33. The SMILES string of the molecule is O=C(c1cc(-c2ccco2)nn1-c1ccccc1)N1CCN(c2ccc([N+](=O)[O-])cc2)CC1. The van der Waals surface area contributed by atoms with Crippen molar-refractivity contribution in [3.8, 4) is 17.1 Å². The summed E-state index contributed by atoms with van der Waals surface area (Å²) in [6.07, 6.45) is 1.58. The minimum atomic E-state index is -0.409. The van der Waals surface area contributed by atoms with E-state index in [1.165, 1.54) is 12.1 Å². The van der Waals surface area contributed by atoms with E-state index in [0.29, 0.717) is 43.3 Å². The van der Waals surface area contributed by atoms with E-state index in [-0.39, 0.29) is 11.6 Å². The van der Waals surface area contributed by atoms with Crippen LogP contribution in [-0.2, 0) is 0 Å². The first kappa shape index (κ1) is 20.5. The number of non-ortho nitro benzene ring substituents is 1. The van der Waals surface area contributed by atoms with Crippen LogP contribution < -0.4 is 4.90 Å². The van der Waals surface area contributed by atoms with Gasteiger partial charge < -0.3 is 14.2 Å². The van der Waals surface area contributed by atoms with Gasteiger partial charge in [0, 0.05) is 50.1 Å². The van der Waals surface area contributed by atoms with E-state index < -0.39 is 4.92 Å². The first-order valence-corrected chi connectivity index (χ1v) is 10.6. The standard InChI is InChI=1S/C24H21N5O4/c30-24(27-14-12-26(13-15-27)18-8-10-20(11-9-18)29(31)32)22-17-21(23-7-4-16-33-23)25-28(22)19-5-2-1-3-6-19/h1-11,16-17H,12-15H2. The van der Waals surface area contributed by atoms with E-state index in [1.54, 1.807) is 35.2 Å². The van der Waals surface area contributed by atoms with E-state index in [2.05, 4.69) is 10.00 Å². The van der Waals surface area contributed by atoms with Crippen molar-refractivity contribution < 1.29 is 14.1 Å². The Morgan fingerprint density at radius 3 is 2.27 bits per heavy atom. The molecule has 4 aromatic rings. The number of carbonyl (C=O) groups excluding carboxylic acids is 1. The lowest BCUT2D eigenvalue weighted by Crippen LogP contribution is -2.49. The molecule has 0 aliphatic carbocycles. The number of hydrogen-bond acceptors (Lipinski definition) is 6. The third kappa shape index (κ3) is 4.08. The molecule has 1 amide bonds. The fourth-order valence-corrected chi connectivity index (χ4v) is 3.96. The lowest BCUT2D eigenvalue weighted by atomic mass is 10.2. The molecule has 0 bridgehead atoms. The molecule has 5 rings (SSSR count). The summed E-state index contributed by atoms with van der Waals surface area (Å²) >= 11 is 0. The number of benzene rings is 2. The first-order valence-electron chi connectivity index (χ1n) is 10.6. The number of aromatic nitrogens is 2. The Labute approximate surface area is 189 Å². The van der Waals surface area contributed by atoms with E-state index in [4.69, 9.17) is 4.42 Å².